The van der Waals surface area contributed by atoms with Crippen LogP contribution in [-0.4, -0.2) is 47.2 Å². The van der Waals surface area contributed by atoms with Crippen LogP contribution in [-0.2, 0) is 14.3 Å². The molecule has 100 valence electrons. The Balaban J connectivity index is 1.60. The smallest absolute Gasteiger partial charge is 0.334 e. The lowest BCUT2D eigenvalue weighted by molar-refractivity contribution is -0.167. The van der Waals surface area contributed by atoms with Gasteiger partial charge in [-0.15, -0.1) is 0 Å². The molecule has 1 N–H and O–H groups in total. The first-order valence-electron chi connectivity index (χ1n) is 6.73. The minimum Gasteiger partial charge on any atom is -0.479 e. The molecule has 0 aromatic carbocycles. The Bertz CT molecular complexity index is 379. The topological polar surface area (TPSA) is 66.8 Å². The molecule has 5 nitrogen and oxygen atoms in total. The first-order chi connectivity index (χ1) is 8.56. The molecule has 5 heteroatoms. The SMILES string of the molecule is C[C@@H]1CN(C(=O)C2CC2C2CC2)CC(C(=O)O)O1. The van der Waals surface area contributed by atoms with E-state index < -0.39 is 12.1 Å². The van der Waals surface area contributed by atoms with Gasteiger partial charge in [0.1, 0.15) is 0 Å². The number of aliphatic carboxylic acids is 1. The number of rotatable bonds is 3. The Morgan fingerprint density at radius 1 is 1.28 bits per heavy atom. The molecule has 2 saturated carbocycles. The number of hydrogen-bond acceptors (Lipinski definition) is 3. The Hall–Kier alpha value is -1.10. The van der Waals surface area contributed by atoms with Gasteiger partial charge < -0.3 is 14.7 Å². The van der Waals surface area contributed by atoms with Gasteiger partial charge in [0.2, 0.25) is 5.91 Å². The number of carbonyl (C=O) groups excluding carboxylic acids is 1. The summed E-state index contributed by atoms with van der Waals surface area (Å²) in [5.74, 6) is 0.686. The molecule has 1 aliphatic heterocycles. The fraction of sp³-hybridized carbons (Fsp3) is 0.846. The van der Waals surface area contributed by atoms with Crippen LogP contribution in [0.25, 0.3) is 0 Å². The standard InChI is InChI=1S/C13H19NO4/c1-7-5-14(6-11(18-7)13(16)17)12(15)10-4-9(10)8-2-3-8/h7-11H,2-6H2,1H3,(H,16,17)/t7-,9?,10?,11?/m1/s1. The van der Waals surface area contributed by atoms with Crippen molar-refractivity contribution in [3.8, 4) is 0 Å². The van der Waals surface area contributed by atoms with Gasteiger partial charge in [0.15, 0.2) is 6.10 Å². The van der Waals surface area contributed by atoms with E-state index in [1.807, 2.05) is 6.92 Å². The number of amides is 1. The summed E-state index contributed by atoms with van der Waals surface area (Å²) in [5.41, 5.74) is 0. The van der Waals surface area contributed by atoms with Gasteiger partial charge in [0, 0.05) is 12.5 Å². The van der Waals surface area contributed by atoms with Crippen molar-refractivity contribution in [1.29, 1.82) is 0 Å². The average Bonchev–Trinajstić information content (AvgIpc) is 3.16. The van der Waals surface area contributed by atoms with Gasteiger partial charge in [-0.05, 0) is 38.0 Å². The fourth-order valence-corrected chi connectivity index (χ4v) is 3.05. The van der Waals surface area contributed by atoms with E-state index in [1.165, 1.54) is 12.8 Å². The van der Waals surface area contributed by atoms with E-state index >= 15 is 0 Å². The lowest BCUT2D eigenvalue weighted by atomic mass is 10.1. The molecular formula is C13H19NO4. The van der Waals surface area contributed by atoms with Gasteiger partial charge in [-0.1, -0.05) is 0 Å². The Morgan fingerprint density at radius 2 is 2.00 bits per heavy atom. The van der Waals surface area contributed by atoms with Gasteiger partial charge in [0.05, 0.1) is 12.6 Å². The zero-order valence-corrected chi connectivity index (χ0v) is 10.5. The fourth-order valence-electron chi connectivity index (χ4n) is 3.05. The number of morpholine rings is 1. The van der Waals surface area contributed by atoms with Crippen LogP contribution in [0.2, 0.25) is 0 Å². The van der Waals surface area contributed by atoms with E-state index in [0.29, 0.717) is 12.5 Å². The molecule has 0 aromatic heterocycles. The number of nitrogens with zero attached hydrogens (tertiary/aromatic N) is 1. The number of hydrogen-bond donors (Lipinski definition) is 1. The van der Waals surface area contributed by atoms with Crippen LogP contribution in [0.15, 0.2) is 0 Å². The molecule has 3 aliphatic rings. The molecule has 3 unspecified atom stereocenters. The second-order valence-electron chi connectivity index (χ2n) is 5.86. The Kier molecular flexibility index (Phi) is 2.81. The highest BCUT2D eigenvalue weighted by Crippen LogP contribution is 2.55. The lowest BCUT2D eigenvalue weighted by Crippen LogP contribution is -2.52. The highest BCUT2D eigenvalue weighted by Gasteiger charge is 2.52. The van der Waals surface area contributed by atoms with Crippen molar-refractivity contribution in [2.75, 3.05) is 13.1 Å². The maximum atomic E-state index is 12.3. The van der Waals surface area contributed by atoms with Crippen LogP contribution in [0.4, 0.5) is 0 Å². The summed E-state index contributed by atoms with van der Waals surface area (Å²) >= 11 is 0. The number of carbonyl (C=O) groups is 2. The van der Waals surface area contributed by atoms with E-state index in [2.05, 4.69) is 0 Å². The van der Waals surface area contributed by atoms with Crippen molar-refractivity contribution in [3.05, 3.63) is 0 Å². The van der Waals surface area contributed by atoms with E-state index in [-0.39, 0.29) is 24.5 Å². The van der Waals surface area contributed by atoms with Crippen LogP contribution in [0.5, 0.6) is 0 Å². The molecule has 2 aliphatic carbocycles. The molecule has 1 amide bonds. The van der Waals surface area contributed by atoms with E-state index in [9.17, 15) is 9.59 Å². The number of carboxylic acids is 1. The Labute approximate surface area is 106 Å². The number of carboxylic acid groups (broad SMARTS) is 1. The van der Waals surface area contributed by atoms with Crippen LogP contribution < -0.4 is 0 Å². The van der Waals surface area contributed by atoms with Crippen LogP contribution in [0.1, 0.15) is 26.2 Å². The summed E-state index contributed by atoms with van der Waals surface area (Å²) in [6.45, 7) is 2.55. The van der Waals surface area contributed by atoms with Gasteiger partial charge >= 0.3 is 5.97 Å². The molecule has 0 aromatic rings. The average molecular weight is 253 g/mol. The predicted octanol–water partition coefficient (Wildman–Crippen LogP) is 0.733. The second kappa shape index (κ2) is 4.23. The van der Waals surface area contributed by atoms with E-state index in [4.69, 9.17) is 9.84 Å². The third-order valence-electron chi connectivity index (χ3n) is 4.23. The maximum Gasteiger partial charge on any atom is 0.334 e. The summed E-state index contributed by atoms with van der Waals surface area (Å²) < 4.78 is 5.32. The lowest BCUT2D eigenvalue weighted by Gasteiger charge is -2.35. The van der Waals surface area contributed by atoms with Gasteiger partial charge in [0.25, 0.3) is 0 Å². The molecule has 1 heterocycles. The highest BCUT2D eigenvalue weighted by molar-refractivity contribution is 5.83. The van der Waals surface area contributed by atoms with Gasteiger partial charge in [-0.3, -0.25) is 4.79 Å². The maximum absolute atomic E-state index is 12.3. The number of ether oxygens (including phenoxy) is 1. The first-order valence-corrected chi connectivity index (χ1v) is 6.73. The molecular weight excluding hydrogens is 234 g/mol. The predicted molar refractivity (Wildman–Crippen MR) is 62.9 cm³/mol. The quantitative estimate of drug-likeness (QED) is 0.805. The minimum atomic E-state index is -0.978. The van der Waals surface area contributed by atoms with Crippen molar-refractivity contribution >= 4 is 11.9 Å². The molecule has 1 saturated heterocycles. The van der Waals surface area contributed by atoms with Crippen molar-refractivity contribution in [3.63, 3.8) is 0 Å². The summed E-state index contributed by atoms with van der Waals surface area (Å²) in [5, 5.41) is 9.00. The van der Waals surface area contributed by atoms with Crippen molar-refractivity contribution in [2.45, 2.75) is 38.4 Å². The highest BCUT2D eigenvalue weighted by atomic mass is 16.5. The first kappa shape index (κ1) is 12.0. The Morgan fingerprint density at radius 3 is 2.61 bits per heavy atom. The van der Waals surface area contributed by atoms with Crippen molar-refractivity contribution in [2.24, 2.45) is 17.8 Å². The van der Waals surface area contributed by atoms with E-state index in [1.54, 1.807) is 4.90 Å². The normalized spacial score (nSPS) is 39.5. The van der Waals surface area contributed by atoms with Crippen molar-refractivity contribution < 1.29 is 19.4 Å². The van der Waals surface area contributed by atoms with Crippen LogP contribution >= 0.6 is 0 Å². The molecule has 3 rings (SSSR count). The second-order valence-corrected chi connectivity index (χ2v) is 5.86. The zero-order valence-electron chi connectivity index (χ0n) is 10.5. The van der Waals surface area contributed by atoms with Crippen LogP contribution in [0.3, 0.4) is 0 Å². The zero-order chi connectivity index (χ0) is 12.9. The van der Waals surface area contributed by atoms with Crippen molar-refractivity contribution in [1.82, 2.24) is 4.90 Å². The monoisotopic (exact) mass is 253 g/mol. The molecule has 0 spiro atoms. The summed E-state index contributed by atoms with van der Waals surface area (Å²) in [6.07, 6.45) is 2.49. The largest absolute Gasteiger partial charge is 0.479 e. The van der Waals surface area contributed by atoms with E-state index in [0.717, 1.165) is 12.3 Å². The third-order valence-corrected chi connectivity index (χ3v) is 4.23. The molecule has 3 fully saturated rings. The summed E-state index contributed by atoms with van der Waals surface area (Å²) in [4.78, 5) is 25.0. The van der Waals surface area contributed by atoms with Gasteiger partial charge in [-0.25, -0.2) is 4.79 Å². The van der Waals surface area contributed by atoms with Gasteiger partial charge in [-0.2, -0.15) is 0 Å². The minimum absolute atomic E-state index is 0.147. The third kappa shape index (κ3) is 2.23. The van der Waals surface area contributed by atoms with Crippen LogP contribution in [0, 0.1) is 17.8 Å². The summed E-state index contributed by atoms with van der Waals surface area (Å²) in [7, 11) is 0. The molecule has 0 radical (unpaired) electrons. The summed E-state index contributed by atoms with van der Waals surface area (Å²) in [6, 6.07) is 0. The molecule has 18 heavy (non-hydrogen) atoms. The molecule has 4 atom stereocenters. The molecule has 0 bridgehead atoms.